The Morgan fingerprint density at radius 2 is 2.12 bits per heavy atom. The van der Waals surface area contributed by atoms with Gasteiger partial charge >= 0.3 is 0 Å². The lowest BCUT2D eigenvalue weighted by Crippen LogP contribution is -2.52. The van der Waals surface area contributed by atoms with Gasteiger partial charge in [-0.05, 0) is 32.1 Å². The summed E-state index contributed by atoms with van der Waals surface area (Å²) in [6.45, 7) is 7.17. The van der Waals surface area contributed by atoms with E-state index in [2.05, 4.69) is 18.7 Å². The molecule has 0 aromatic carbocycles. The Balaban J connectivity index is 2.55. The zero-order chi connectivity index (χ0) is 12.0. The molecule has 1 aliphatic carbocycles. The summed E-state index contributed by atoms with van der Waals surface area (Å²) in [4.78, 5) is 2.56. The predicted molar refractivity (Wildman–Crippen MR) is 68.5 cm³/mol. The third-order valence-corrected chi connectivity index (χ3v) is 4.07. The molecule has 0 aromatic rings. The summed E-state index contributed by atoms with van der Waals surface area (Å²) in [5, 5.41) is 0. The quantitative estimate of drug-likeness (QED) is 0.689. The molecule has 2 atom stereocenters. The highest BCUT2D eigenvalue weighted by molar-refractivity contribution is 4.87. The van der Waals surface area contributed by atoms with Gasteiger partial charge in [0.1, 0.15) is 0 Å². The standard InChI is InChI=1S/C13H28N2O/c1-4-11(2)15(8-9-16-3)13(10-14)12-6-5-7-12/h11-13H,4-10,14H2,1-3H3. The van der Waals surface area contributed by atoms with Gasteiger partial charge in [0.2, 0.25) is 0 Å². The number of rotatable bonds is 8. The van der Waals surface area contributed by atoms with Crippen molar-refractivity contribution in [3.63, 3.8) is 0 Å². The van der Waals surface area contributed by atoms with Crippen LogP contribution in [-0.2, 0) is 4.74 Å². The second-order valence-electron chi connectivity index (χ2n) is 4.98. The minimum Gasteiger partial charge on any atom is -0.383 e. The minimum absolute atomic E-state index is 0.568. The highest BCUT2D eigenvalue weighted by Gasteiger charge is 2.32. The molecule has 0 spiro atoms. The molecule has 1 rings (SSSR count). The minimum atomic E-state index is 0.568. The number of nitrogens with zero attached hydrogens (tertiary/aromatic N) is 1. The Labute approximate surface area is 100 Å². The molecule has 3 nitrogen and oxygen atoms in total. The van der Waals surface area contributed by atoms with E-state index in [0.717, 1.165) is 25.6 Å². The van der Waals surface area contributed by atoms with Crippen molar-refractivity contribution in [1.82, 2.24) is 4.90 Å². The maximum Gasteiger partial charge on any atom is 0.0589 e. The van der Waals surface area contributed by atoms with Crippen molar-refractivity contribution in [2.24, 2.45) is 11.7 Å². The van der Waals surface area contributed by atoms with Crippen LogP contribution >= 0.6 is 0 Å². The maximum absolute atomic E-state index is 5.97. The summed E-state index contributed by atoms with van der Waals surface area (Å²) >= 11 is 0. The molecule has 16 heavy (non-hydrogen) atoms. The Kier molecular flexibility index (Phi) is 6.32. The van der Waals surface area contributed by atoms with Crippen LogP contribution in [0.4, 0.5) is 0 Å². The van der Waals surface area contributed by atoms with Gasteiger partial charge < -0.3 is 10.5 Å². The van der Waals surface area contributed by atoms with Crippen molar-refractivity contribution in [2.45, 2.75) is 51.6 Å². The third-order valence-electron chi connectivity index (χ3n) is 4.07. The number of hydrogen-bond acceptors (Lipinski definition) is 3. The first-order chi connectivity index (χ1) is 7.74. The summed E-state index contributed by atoms with van der Waals surface area (Å²) in [6, 6.07) is 1.18. The SMILES string of the molecule is CCC(C)N(CCOC)C(CN)C1CCC1. The first-order valence-electron chi connectivity index (χ1n) is 6.69. The monoisotopic (exact) mass is 228 g/mol. The molecule has 0 heterocycles. The summed E-state index contributed by atoms with van der Waals surface area (Å²) in [5.41, 5.74) is 5.97. The van der Waals surface area contributed by atoms with E-state index in [4.69, 9.17) is 10.5 Å². The van der Waals surface area contributed by atoms with Crippen molar-refractivity contribution < 1.29 is 4.74 Å². The zero-order valence-electron chi connectivity index (χ0n) is 11.1. The van der Waals surface area contributed by atoms with Gasteiger partial charge in [0.25, 0.3) is 0 Å². The van der Waals surface area contributed by atoms with Gasteiger partial charge in [-0.2, -0.15) is 0 Å². The Bertz CT molecular complexity index is 183. The lowest BCUT2D eigenvalue weighted by Gasteiger charge is -2.43. The average Bonchev–Trinajstić information content (AvgIpc) is 2.24. The fourth-order valence-electron chi connectivity index (χ4n) is 2.57. The van der Waals surface area contributed by atoms with Crippen molar-refractivity contribution in [3.8, 4) is 0 Å². The van der Waals surface area contributed by atoms with Crippen LogP contribution in [0.5, 0.6) is 0 Å². The van der Waals surface area contributed by atoms with Crippen molar-refractivity contribution in [3.05, 3.63) is 0 Å². The molecule has 0 radical (unpaired) electrons. The van der Waals surface area contributed by atoms with Crippen LogP contribution in [-0.4, -0.2) is 43.8 Å². The largest absolute Gasteiger partial charge is 0.383 e. The van der Waals surface area contributed by atoms with Crippen LogP contribution in [0.1, 0.15) is 39.5 Å². The molecule has 0 aromatic heterocycles. The highest BCUT2D eigenvalue weighted by Crippen LogP contribution is 2.32. The molecule has 0 bridgehead atoms. The topological polar surface area (TPSA) is 38.5 Å². The van der Waals surface area contributed by atoms with E-state index >= 15 is 0 Å². The van der Waals surface area contributed by atoms with Crippen molar-refractivity contribution in [1.29, 1.82) is 0 Å². The van der Waals surface area contributed by atoms with Crippen LogP contribution in [0.15, 0.2) is 0 Å². The molecule has 3 heteroatoms. The Morgan fingerprint density at radius 3 is 2.50 bits per heavy atom. The molecule has 0 saturated heterocycles. The predicted octanol–water partition coefficient (Wildman–Crippen LogP) is 1.86. The normalized spacial score (nSPS) is 20.8. The highest BCUT2D eigenvalue weighted by atomic mass is 16.5. The molecule has 0 amide bonds. The Hall–Kier alpha value is -0.120. The van der Waals surface area contributed by atoms with Crippen LogP contribution in [0.2, 0.25) is 0 Å². The number of ether oxygens (including phenoxy) is 1. The second kappa shape index (κ2) is 7.25. The number of methoxy groups -OCH3 is 1. The lowest BCUT2D eigenvalue weighted by molar-refractivity contribution is 0.0425. The average molecular weight is 228 g/mol. The first-order valence-corrected chi connectivity index (χ1v) is 6.69. The summed E-state index contributed by atoms with van der Waals surface area (Å²) in [6.07, 6.45) is 5.30. The fraction of sp³-hybridized carbons (Fsp3) is 1.00. The van der Waals surface area contributed by atoms with E-state index in [-0.39, 0.29) is 0 Å². The molecular formula is C13H28N2O. The lowest BCUT2D eigenvalue weighted by atomic mass is 9.78. The van der Waals surface area contributed by atoms with Gasteiger partial charge in [0, 0.05) is 32.3 Å². The van der Waals surface area contributed by atoms with Gasteiger partial charge in [-0.25, -0.2) is 0 Å². The van der Waals surface area contributed by atoms with E-state index in [9.17, 15) is 0 Å². The summed E-state index contributed by atoms with van der Waals surface area (Å²) < 4.78 is 5.21. The van der Waals surface area contributed by atoms with Crippen LogP contribution in [0.3, 0.4) is 0 Å². The van der Waals surface area contributed by atoms with Gasteiger partial charge in [-0.3, -0.25) is 4.90 Å². The van der Waals surface area contributed by atoms with E-state index < -0.39 is 0 Å². The molecule has 1 fully saturated rings. The van der Waals surface area contributed by atoms with E-state index in [1.165, 1.54) is 25.7 Å². The van der Waals surface area contributed by atoms with Crippen LogP contribution < -0.4 is 5.73 Å². The fourth-order valence-corrected chi connectivity index (χ4v) is 2.57. The number of hydrogen-bond donors (Lipinski definition) is 1. The third kappa shape index (κ3) is 3.44. The molecule has 2 unspecified atom stereocenters. The van der Waals surface area contributed by atoms with Crippen molar-refractivity contribution >= 4 is 0 Å². The maximum atomic E-state index is 5.97. The van der Waals surface area contributed by atoms with E-state index in [1.807, 2.05) is 0 Å². The molecule has 1 aliphatic rings. The Morgan fingerprint density at radius 1 is 1.44 bits per heavy atom. The summed E-state index contributed by atoms with van der Waals surface area (Å²) in [5.74, 6) is 0.829. The zero-order valence-corrected chi connectivity index (χ0v) is 11.1. The van der Waals surface area contributed by atoms with E-state index in [0.29, 0.717) is 12.1 Å². The molecule has 96 valence electrons. The molecular weight excluding hydrogens is 200 g/mol. The molecule has 0 aliphatic heterocycles. The molecule has 1 saturated carbocycles. The number of nitrogens with two attached hydrogens (primary N) is 1. The van der Waals surface area contributed by atoms with Gasteiger partial charge in [0.15, 0.2) is 0 Å². The molecule has 2 N–H and O–H groups in total. The van der Waals surface area contributed by atoms with Gasteiger partial charge in [-0.15, -0.1) is 0 Å². The second-order valence-corrected chi connectivity index (χ2v) is 4.98. The van der Waals surface area contributed by atoms with Crippen LogP contribution in [0, 0.1) is 5.92 Å². The van der Waals surface area contributed by atoms with Crippen LogP contribution in [0.25, 0.3) is 0 Å². The van der Waals surface area contributed by atoms with Gasteiger partial charge in [0.05, 0.1) is 6.61 Å². The van der Waals surface area contributed by atoms with Crippen molar-refractivity contribution in [2.75, 3.05) is 26.8 Å². The smallest absolute Gasteiger partial charge is 0.0589 e. The first kappa shape index (κ1) is 13.9. The summed E-state index contributed by atoms with van der Waals surface area (Å²) in [7, 11) is 1.77. The van der Waals surface area contributed by atoms with Gasteiger partial charge in [-0.1, -0.05) is 13.3 Å². The van der Waals surface area contributed by atoms with E-state index in [1.54, 1.807) is 7.11 Å².